The lowest BCUT2D eigenvalue weighted by atomic mass is 10.1. The van der Waals surface area contributed by atoms with Gasteiger partial charge in [-0.3, -0.25) is 0 Å². The fourth-order valence-corrected chi connectivity index (χ4v) is 2.34. The monoisotopic (exact) mass is 290 g/mol. The van der Waals surface area contributed by atoms with Gasteiger partial charge in [0.15, 0.2) is 11.5 Å². The van der Waals surface area contributed by atoms with Crippen molar-refractivity contribution in [1.82, 2.24) is 0 Å². The molecular weight excluding hydrogens is 279 g/mol. The molecule has 0 atom stereocenters. The van der Waals surface area contributed by atoms with Crippen LogP contribution in [0.2, 0.25) is 0 Å². The Bertz CT molecular complexity index is 395. The van der Waals surface area contributed by atoms with E-state index in [9.17, 15) is 4.39 Å². The van der Waals surface area contributed by atoms with Crippen LogP contribution < -0.4 is 9.47 Å². The normalized spacial score (nSPS) is 13.9. The van der Waals surface area contributed by atoms with Gasteiger partial charge >= 0.3 is 0 Å². The number of aliphatic hydroxyl groups excluding tert-OH is 1. The Balaban J connectivity index is 2.37. The zero-order chi connectivity index (χ0) is 11.5. The molecule has 0 fully saturated rings. The van der Waals surface area contributed by atoms with E-state index in [4.69, 9.17) is 14.6 Å². The predicted octanol–water partition coefficient (Wildman–Crippen LogP) is 2.28. The zero-order valence-electron chi connectivity index (χ0n) is 8.63. The van der Waals surface area contributed by atoms with E-state index in [-0.39, 0.29) is 12.4 Å². The minimum Gasteiger partial charge on any atom is -0.486 e. The molecule has 0 saturated carbocycles. The molecule has 1 aromatic carbocycles. The molecule has 0 spiro atoms. The fraction of sp³-hybridized carbons (Fsp3) is 0.455. The van der Waals surface area contributed by atoms with Crippen molar-refractivity contribution < 1.29 is 19.0 Å². The van der Waals surface area contributed by atoms with Crippen LogP contribution in [0.25, 0.3) is 0 Å². The third kappa shape index (κ3) is 2.15. The molecule has 1 aliphatic rings. The maximum Gasteiger partial charge on any atom is 0.175 e. The zero-order valence-corrected chi connectivity index (χ0v) is 10.2. The minimum absolute atomic E-state index is 0.0420. The van der Waals surface area contributed by atoms with Gasteiger partial charge in [-0.2, -0.15) is 0 Å². The Morgan fingerprint density at radius 1 is 1.38 bits per heavy atom. The van der Waals surface area contributed by atoms with Crippen LogP contribution in [0.3, 0.4) is 0 Å². The Morgan fingerprint density at radius 2 is 2.12 bits per heavy atom. The lowest BCUT2D eigenvalue weighted by Gasteiger charge is -2.21. The summed E-state index contributed by atoms with van der Waals surface area (Å²) in [5.41, 5.74) is 0.526. The Kier molecular flexibility index (Phi) is 3.66. The second-order valence-corrected chi connectivity index (χ2v) is 4.30. The lowest BCUT2D eigenvalue weighted by Crippen LogP contribution is -2.16. The first-order valence-electron chi connectivity index (χ1n) is 5.11. The average Bonchev–Trinajstić information content (AvgIpc) is 2.29. The number of halogens is 2. The minimum atomic E-state index is -0.329. The quantitative estimate of drug-likeness (QED) is 0.928. The molecule has 1 heterocycles. The maximum atomic E-state index is 13.7. The van der Waals surface area contributed by atoms with Gasteiger partial charge in [0.25, 0.3) is 0 Å². The van der Waals surface area contributed by atoms with E-state index in [0.717, 1.165) is 0 Å². The van der Waals surface area contributed by atoms with Gasteiger partial charge in [0, 0.05) is 18.2 Å². The van der Waals surface area contributed by atoms with Crippen molar-refractivity contribution in [3.05, 3.63) is 21.9 Å². The largest absolute Gasteiger partial charge is 0.486 e. The van der Waals surface area contributed by atoms with Crippen molar-refractivity contribution in [2.24, 2.45) is 0 Å². The molecule has 1 aromatic rings. The number of hydrogen-bond donors (Lipinski definition) is 1. The molecule has 0 unspecified atom stereocenters. The molecular formula is C11H12BrFO3. The van der Waals surface area contributed by atoms with Gasteiger partial charge < -0.3 is 14.6 Å². The molecule has 0 amide bonds. The van der Waals surface area contributed by atoms with Crippen LogP contribution in [0.4, 0.5) is 4.39 Å². The Hall–Kier alpha value is -0.810. The van der Waals surface area contributed by atoms with Crippen molar-refractivity contribution in [2.45, 2.75) is 12.8 Å². The molecule has 1 aliphatic heterocycles. The molecule has 5 heteroatoms. The highest BCUT2D eigenvalue weighted by atomic mass is 79.9. The van der Waals surface area contributed by atoms with Gasteiger partial charge in [0.1, 0.15) is 19.0 Å². The van der Waals surface area contributed by atoms with Gasteiger partial charge in [-0.15, -0.1) is 0 Å². The summed E-state index contributed by atoms with van der Waals surface area (Å²) in [7, 11) is 0. The number of aliphatic hydroxyl groups is 1. The van der Waals surface area contributed by atoms with Crippen LogP contribution in [0.1, 0.15) is 12.0 Å². The molecule has 16 heavy (non-hydrogen) atoms. The number of ether oxygens (including phenoxy) is 2. The summed E-state index contributed by atoms with van der Waals surface area (Å²) in [5, 5.41) is 8.75. The van der Waals surface area contributed by atoms with Crippen molar-refractivity contribution in [2.75, 3.05) is 19.8 Å². The third-order valence-corrected chi connectivity index (χ3v) is 3.25. The van der Waals surface area contributed by atoms with E-state index < -0.39 is 0 Å². The lowest BCUT2D eigenvalue weighted by molar-refractivity contribution is 0.169. The molecule has 0 bridgehead atoms. The van der Waals surface area contributed by atoms with E-state index in [1.54, 1.807) is 0 Å². The van der Waals surface area contributed by atoms with Crippen LogP contribution in [0, 0.1) is 5.82 Å². The smallest absolute Gasteiger partial charge is 0.175 e. The van der Waals surface area contributed by atoms with E-state index in [1.165, 1.54) is 6.07 Å². The summed E-state index contributed by atoms with van der Waals surface area (Å²) < 4.78 is 25.0. The van der Waals surface area contributed by atoms with Crippen LogP contribution >= 0.6 is 15.9 Å². The number of fused-ring (bicyclic) bond motifs is 1. The summed E-state index contributed by atoms with van der Waals surface area (Å²) in [5.74, 6) is 0.661. The highest BCUT2D eigenvalue weighted by molar-refractivity contribution is 9.10. The van der Waals surface area contributed by atoms with E-state index >= 15 is 0 Å². The molecule has 2 rings (SSSR count). The van der Waals surface area contributed by atoms with Crippen LogP contribution in [-0.4, -0.2) is 24.9 Å². The van der Waals surface area contributed by atoms with Crippen molar-refractivity contribution in [1.29, 1.82) is 0 Å². The molecule has 0 radical (unpaired) electrons. The molecule has 0 aliphatic carbocycles. The van der Waals surface area contributed by atoms with Crippen molar-refractivity contribution >= 4 is 15.9 Å². The average molecular weight is 291 g/mol. The highest BCUT2D eigenvalue weighted by Crippen LogP contribution is 2.41. The molecule has 0 aromatic heterocycles. The fourth-order valence-electron chi connectivity index (χ4n) is 1.64. The SMILES string of the molecule is OCCCc1c(F)cc2c(c1Br)OCCO2. The first kappa shape index (κ1) is 11.7. The van der Waals surface area contributed by atoms with Crippen LogP contribution in [0.15, 0.2) is 10.5 Å². The summed E-state index contributed by atoms with van der Waals surface area (Å²) in [6, 6.07) is 1.34. The number of hydrogen-bond acceptors (Lipinski definition) is 3. The molecule has 0 saturated heterocycles. The van der Waals surface area contributed by atoms with Gasteiger partial charge in [-0.1, -0.05) is 0 Å². The predicted molar refractivity (Wildman–Crippen MR) is 60.5 cm³/mol. The summed E-state index contributed by atoms with van der Waals surface area (Å²) in [6.07, 6.45) is 0.995. The van der Waals surface area contributed by atoms with Crippen molar-refractivity contribution in [3.8, 4) is 11.5 Å². The number of rotatable bonds is 3. The standard InChI is InChI=1S/C11H12BrFO3/c12-10-7(2-1-3-14)8(13)6-9-11(10)16-5-4-15-9/h6,14H,1-5H2. The first-order valence-corrected chi connectivity index (χ1v) is 5.90. The molecule has 3 nitrogen and oxygen atoms in total. The van der Waals surface area contributed by atoms with Crippen molar-refractivity contribution in [3.63, 3.8) is 0 Å². The van der Waals surface area contributed by atoms with Crippen LogP contribution in [-0.2, 0) is 6.42 Å². The molecule has 88 valence electrons. The van der Waals surface area contributed by atoms with Gasteiger partial charge in [0.05, 0.1) is 4.47 Å². The first-order chi connectivity index (χ1) is 7.74. The highest BCUT2D eigenvalue weighted by Gasteiger charge is 2.21. The third-order valence-electron chi connectivity index (χ3n) is 2.41. The summed E-state index contributed by atoms with van der Waals surface area (Å²) in [4.78, 5) is 0. The second-order valence-electron chi connectivity index (χ2n) is 3.50. The maximum absolute atomic E-state index is 13.7. The molecule has 1 N–H and O–H groups in total. The number of benzene rings is 1. The Morgan fingerprint density at radius 3 is 2.88 bits per heavy atom. The van der Waals surface area contributed by atoms with Gasteiger partial charge in [-0.25, -0.2) is 4.39 Å². The van der Waals surface area contributed by atoms with Crippen LogP contribution in [0.5, 0.6) is 11.5 Å². The van der Waals surface area contributed by atoms with Gasteiger partial charge in [-0.05, 0) is 28.8 Å². The Labute approximate surface area is 101 Å². The topological polar surface area (TPSA) is 38.7 Å². The van der Waals surface area contributed by atoms with E-state index in [1.807, 2.05) is 0 Å². The van der Waals surface area contributed by atoms with E-state index in [2.05, 4.69) is 15.9 Å². The summed E-state index contributed by atoms with van der Waals surface area (Å²) >= 11 is 3.32. The van der Waals surface area contributed by atoms with E-state index in [0.29, 0.717) is 47.6 Å². The summed E-state index contributed by atoms with van der Waals surface area (Å²) in [6.45, 7) is 0.950. The van der Waals surface area contributed by atoms with Gasteiger partial charge in [0.2, 0.25) is 0 Å². The second kappa shape index (κ2) is 5.01.